The molecule has 1 aromatic carbocycles. The van der Waals surface area contributed by atoms with E-state index >= 15 is 0 Å². The molecule has 1 aromatic heterocycles. The fourth-order valence-corrected chi connectivity index (χ4v) is 2.89. The lowest BCUT2D eigenvalue weighted by Crippen LogP contribution is -2.46. The molecule has 0 aliphatic carbocycles. The molecule has 128 valence electrons. The van der Waals surface area contributed by atoms with Crippen molar-refractivity contribution in [3.8, 4) is 5.69 Å². The Kier molecular flexibility index (Phi) is 5.15. The van der Waals surface area contributed by atoms with Gasteiger partial charge in [0.25, 0.3) is 0 Å². The van der Waals surface area contributed by atoms with Crippen LogP contribution >= 0.6 is 0 Å². The molecule has 3 rings (SSSR count). The molecular weight excluding hydrogens is 304 g/mol. The van der Waals surface area contributed by atoms with Gasteiger partial charge in [-0.15, -0.1) is 0 Å². The smallest absolute Gasteiger partial charge is 0.317 e. The van der Waals surface area contributed by atoms with Crippen LogP contribution in [-0.4, -0.2) is 47.0 Å². The first kappa shape index (κ1) is 16.5. The van der Waals surface area contributed by atoms with Crippen molar-refractivity contribution in [3.05, 3.63) is 48.3 Å². The quantitative estimate of drug-likeness (QED) is 0.939. The molecule has 0 saturated carbocycles. The number of nitrogens with one attached hydrogen (secondary N) is 1. The van der Waals surface area contributed by atoms with E-state index < -0.39 is 0 Å². The van der Waals surface area contributed by atoms with E-state index in [2.05, 4.69) is 10.4 Å². The van der Waals surface area contributed by atoms with Crippen molar-refractivity contribution in [2.75, 3.05) is 20.3 Å². The van der Waals surface area contributed by atoms with Crippen LogP contribution in [0.5, 0.6) is 0 Å². The number of ether oxygens (including phenoxy) is 1. The summed E-state index contributed by atoms with van der Waals surface area (Å²) < 4.78 is 7.18. The van der Waals surface area contributed by atoms with E-state index in [1.165, 1.54) is 0 Å². The van der Waals surface area contributed by atoms with Gasteiger partial charge in [-0.2, -0.15) is 5.10 Å². The number of benzene rings is 1. The highest BCUT2D eigenvalue weighted by Crippen LogP contribution is 2.17. The van der Waals surface area contributed by atoms with Crippen LogP contribution < -0.4 is 5.32 Å². The third kappa shape index (κ3) is 3.76. The average molecular weight is 328 g/mol. The largest absolute Gasteiger partial charge is 0.381 e. The van der Waals surface area contributed by atoms with Crippen LogP contribution in [0.2, 0.25) is 0 Å². The SMILES string of the molecule is CC(NC(=O)N(C)C1CCOCC1)c1cnn(-c2ccccc2)c1. The van der Waals surface area contributed by atoms with Crippen molar-refractivity contribution in [3.63, 3.8) is 0 Å². The molecule has 2 heterocycles. The van der Waals surface area contributed by atoms with Gasteiger partial charge in [-0.1, -0.05) is 18.2 Å². The highest BCUT2D eigenvalue weighted by Gasteiger charge is 2.23. The van der Waals surface area contributed by atoms with Gasteiger partial charge in [0.15, 0.2) is 0 Å². The maximum Gasteiger partial charge on any atom is 0.317 e. The van der Waals surface area contributed by atoms with Gasteiger partial charge < -0.3 is 15.0 Å². The van der Waals surface area contributed by atoms with Gasteiger partial charge in [-0.3, -0.25) is 0 Å². The molecule has 0 bridgehead atoms. The summed E-state index contributed by atoms with van der Waals surface area (Å²) >= 11 is 0. The number of hydrogen-bond donors (Lipinski definition) is 1. The van der Waals surface area contributed by atoms with Crippen molar-refractivity contribution >= 4 is 6.03 Å². The third-order valence-electron chi connectivity index (χ3n) is 4.52. The molecule has 24 heavy (non-hydrogen) atoms. The second-order valence-electron chi connectivity index (χ2n) is 6.18. The molecule has 1 atom stereocenters. The normalized spacial score (nSPS) is 16.6. The van der Waals surface area contributed by atoms with E-state index in [1.54, 1.807) is 11.1 Å². The summed E-state index contributed by atoms with van der Waals surface area (Å²) in [5.74, 6) is 0. The summed E-state index contributed by atoms with van der Waals surface area (Å²) in [4.78, 5) is 14.2. The lowest BCUT2D eigenvalue weighted by Gasteiger charge is -2.32. The Hall–Kier alpha value is -2.34. The molecule has 1 aliphatic rings. The van der Waals surface area contributed by atoms with Crippen molar-refractivity contribution in [2.24, 2.45) is 0 Å². The number of para-hydroxylation sites is 1. The second kappa shape index (κ2) is 7.49. The van der Waals surface area contributed by atoms with Gasteiger partial charge in [-0.25, -0.2) is 9.48 Å². The minimum Gasteiger partial charge on any atom is -0.381 e. The summed E-state index contributed by atoms with van der Waals surface area (Å²) in [6.45, 7) is 3.42. The molecule has 2 aromatic rings. The molecule has 1 unspecified atom stereocenters. The van der Waals surface area contributed by atoms with Crippen molar-refractivity contribution < 1.29 is 9.53 Å². The highest BCUT2D eigenvalue weighted by molar-refractivity contribution is 5.74. The number of urea groups is 1. The van der Waals surface area contributed by atoms with Crippen molar-refractivity contribution in [1.29, 1.82) is 0 Å². The molecule has 1 saturated heterocycles. The predicted octanol–water partition coefficient (Wildman–Crippen LogP) is 2.75. The zero-order valence-electron chi connectivity index (χ0n) is 14.2. The number of carbonyl (C=O) groups is 1. The fourth-order valence-electron chi connectivity index (χ4n) is 2.89. The van der Waals surface area contributed by atoms with E-state index in [9.17, 15) is 4.79 Å². The van der Waals surface area contributed by atoms with Crippen molar-refractivity contribution in [2.45, 2.75) is 31.8 Å². The third-order valence-corrected chi connectivity index (χ3v) is 4.52. The lowest BCUT2D eigenvalue weighted by molar-refractivity contribution is 0.0522. The Bertz CT molecular complexity index is 665. The first-order valence-electron chi connectivity index (χ1n) is 8.36. The Morgan fingerprint density at radius 1 is 1.33 bits per heavy atom. The number of aromatic nitrogens is 2. The van der Waals surface area contributed by atoms with Crippen LogP contribution in [0.4, 0.5) is 4.79 Å². The number of hydrogen-bond acceptors (Lipinski definition) is 3. The first-order valence-corrected chi connectivity index (χ1v) is 8.36. The van der Waals surface area contributed by atoms with Gasteiger partial charge in [0, 0.05) is 38.1 Å². The summed E-state index contributed by atoms with van der Waals surface area (Å²) in [6, 6.07) is 10.0. The number of nitrogens with zero attached hydrogens (tertiary/aromatic N) is 3. The molecule has 6 nitrogen and oxygen atoms in total. The van der Waals surface area contributed by atoms with Crippen LogP contribution in [0, 0.1) is 0 Å². The van der Waals surface area contributed by atoms with Crippen LogP contribution in [0.1, 0.15) is 31.4 Å². The maximum absolute atomic E-state index is 12.4. The summed E-state index contributed by atoms with van der Waals surface area (Å²) in [5, 5.41) is 7.44. The van der Waals surface area contributed by atoms with Gasteiger partial charge in [0.2, 0.25) is 0 Å². The minimum atomic E-state index is -0.0998. The first-order chi connectivity index (χ1) is 11.6. The molecule has 6 heteroatoms. The molecule has 1 N–H and O–H groups in total. The van der Waals surface area contributed by atoms with Crippen LogP contribution in [-0.2, 0) is 4.74 Å². The van der Waals surface area contributed by atoms with Gasteiger partial charge in [0.1, 0.15) is 0 Å². The van der Waals surface area contributed by atoms with Gasteiger partial charge in [0.05, 0.1) is 17.9 Å². The molecule has 1 aliphatic heterocycles. The molecule has 1 fully saturated rings. The molecule has 0 radical (unpaired) electrons. The van der Waals surface area contributed by atoms with E-state index in [-0.39, 0.29) is 18.1 Å². The fraction of sp³-hybridized carbons (Fsp3) is 0.444. The van der Waals surface area contributed by atoms with Crippen LogP contribution in [0.15, 0.2) is 42.7 Å². The van der Waals surface area contributed by atoms with E-state index in [0.29, 0.717) is 0 Å². The minimum absolute atomic E-state index is 0.0538. The van der Waals surface area contributed by atoms with E-state index in [0.717, 1.165) is 37.3 Å². The molecule has 2 amide bonds. The topological polar surface area (TPSA) is 59.4 Å². The Labute approximate surface area is 142 Å². The van der Waals surface area contributed by atoms with Gasteiger partial charge in [-0.05, 0) is 31.9 Å². The lowest BCUT2D eigenvalue weighted by atomic mass is 10.1. The Morgan fingerprint density at radius 2 is 2.04 bits per heavy atom. The van der Waals surface area contributed by atoms with E-state index in [1.807, 2.05) is 55.2 Å². The second-order valence-corrected chi connectivity index (χ2v) is 6.18. The number of carbonyl (C=O) groups excluding carboxylic acids is 1. The van der Waals surface area contributed by atoms with Crippen molar-refractivity contribution in [1.82, 2.24) is 20.0 Å². The average Bonchev–Trinajstić information content (AvgIpc) is 3.13. The maximum atomic E-state index is 12.4. The summed E-state index contributed by atoms with van der Waals surface area (Å²) in [5.41, 5.74) is 1.98. The van der Waals surface area contributed by atoms with Crippen LogP contribution in [0.25, 0.3) is 5.69 Å². The number of amides is 2. The summed E-state index contributed by atoms with van der Waals surface area (Å²) in [7, 11) is 1.85. The molecule has 0 spiro atoms. The molecular formula is C18H24N4O2. The monoisotopic (exact) mass is 328 g/mol. The van der Waals surface area contributed by atoms with Crippen LogP contribution in [0.3, 0.4) is 0 Å². The highest BCUT2D eigenvalue weighted by atomic mass is 16.5. The van der Waals surface area contributed by atoms with Gasteiger partial charge >= 0.3 is 6.03 Å². The zero-order valence-corrected chi connectivity index (χ0v) is 14.2. The Morgan fingerprint density at radius 3 is 2.75 bits per heavy atom. The number of rotatable bonds is 4. The van der Waals surface area contributed by atoms with E-state index in [4.69, 9.17) is 4.74 Å². The summed E-state index contributed by atoms with van der Waals surface area (Å²) in [6.07, 6.45) is 5.54. The Balaban J connectivity index is 1.61. The predicted molar refractivity (Wildman–Crippen MR) is 92.1 cm³/mol. The standard InChI is InChI=1S/C18H24N4O2/c1-14(20-18(23)21(2)16-8-10-24-11-9-16)15-12-19-22(13-15)17-6-4-3-5-7-17/h3-7,12-14,16H,8-11H2,1-2H3,(H,20,23). The zero-order chi connectivity index (χ0) is 16.9.